The Labute approximate surface area is 127 Å². The lowest BCUT2D eigenvalue weighted by atomic mass is 10.1. The summed E-state index contributed by atoms with van der Waals surface area (Å²) < 4.78 is 14.9. The summed E-state index contributed by atoms with van der Waals surface area (Å²) in [5.41, 5.74) is 2.65. The molecule has 22 heavy (non-hydrogen) atoms. The molecule has 0 aliphatic rings. The van der Waals surface area contributed by atoms with Crippen LogP contribution in [0.25, 0.3) is 22.4 Å². The molecule has 0 spiro atoms. The summed E-state index contributed by atoms with van der Waals surface area (Å²) in [6.07, 6.45) is 1.64. The Morgan fingerprint density at radius 1 is 1.23 bits per heavy atom. The van der Waals surface area contributed by atoms with Gasteiger partial charge in [-0.05, 0) is 56.7 Å². The summed E-state index contributed by atoms with van der Waals surface area (Å²) in [5, 5.41) is 0. The monoisotopic (exact) mass is 297 g/mol. The zero-order valence-electron chi connectivity index (χ0n) is 12.7. The van der Waals surface area contributed by atoms with E-state index in [2.05, 4.69) is 9.97 Å². The van der Waals surface area contributed by atoms with Gasteiger partial charge in [0.15, 0.2) is 5.65 Å². The van der Waals surface area contributed by atoms with Crippen molar-refractivity contribution in [2.45, 2.75) is 26.8 Å². The fraction of sp³-hybridized carbons (Fsp3) is 0.235. The third-order valence-electron chi connectivity index (χ3n) is 3.61. The van der Waals surface area contributed by atoms with Crippen molar-refractivity contribution in [2.24, 2.45) is 0 Å². The maximum atomic E-state index is 13.3. The summed E-state index contributed by atoms with van der Waals surface area (Å²) in [6, 6.07) is 7.91. The van der Waals surface area contributed by atoms with Crippen molar-refractivity contribution in [3.63, 3.8) is 0 Å². The van der Waals surface area contributed by atoms with Crippen LogP contribution in [0.3, 0.4) is 0 Å². The lowest BCUT2D eigenvalue weighted by Gasteiger charge is -2.15. The first-order valence-electron chi connectivity index (χ1n) is 7.13. The van der Waals surface area contributed by atoms with E-state index in [1.165, 1.54) is 12.1 Å². The van der Waals surface area contributed by atoms with Crippen molar-refractivity contribution in [2.75, 3.05) is 0 Å². The minimum atomic E-state index is -0.326. The van der Waals surface area contributed by atoms with Gasteiger partial charge in [0.25, 0.3) is 5.56 Å². The minimum Gasteiger partial charge on any atom is -0.287 e. The summed E-state index contributed by atoms with van der Waals surface area (Å²) in [7, 11) is 0. The molecule has 0 atom stereocenters. The van der Waals surface area contributed by atoms with Gasteiger partial charge in [-0.1, -0.05) is 0 Å². The fourth-order valence-electron chi connectivity index (χ4n) is 2.59. The number of benzene rings is 1. The van der Waals surface area contributed by atoms with Gasteiger partial charge in [0.05, 0.1) is 0 Å². The molecule has 0 radical (unpaired) electrons. The summed E-state index contributed by atoms with van der Waals surface area (Å²) >= 11 is 0. The Kier molecular flexibility index (Phi) is 3.48. The molecule has 5 heteroatoms. The molecular weight excluding hydrogens is 281 g/mol. The Bertz CT molecular complexity index is 915. The third kappa shape index (κ3) is 2.28. The molecule has 4 nitrogen and oxygen atoms in total. The average Bonchev–Trinajstić information content (AvgIpc) is 2.46. The summed E-state index contributed by atoms with van der Waals surface area (Å²) in [4.78, 5) is 21.6. The first-order chi connectivity index (χ1) is 10.5. The molecule has 0 bridgehead atoms. The highest BCUT2D eigenvalue weighted by atomic mass is 19.1. The van der Waals surface area contributed by atoms with E-state index in [0.29, 0.717) is 28.0 Å². The number of halogens is 1. The molecule has 0 saturated heterocycles. The highest BCUT2D eigenvalue weighted by molar-refractivity contribution is 5.75. The van der Waals surface area contributed by atoms with Gasteiger partial charge < -0.3 is 0 Å². The van der Waals surface area contributed by atoms with Gasteiger partial charge in [0.2, 0.25) is 0 Å². The first kappa shape index (κ1) is 14.4. The predicted octanol–water partition coefficient (Wildman–Crippen LogP) is 3.49. The molecule has 0 saturated carbocycles. The van der Waals surface area contributed by atoms with E-state index in [1.54, 1.807) is 29.8 Å². The molecule has 1 aromatic carbocycles. The highest BCUT2D eigenvalue weighted by Gasteiger charge is 2.16. The Morgan fingerprint density at radius 3 is 2.68 bits per heavy atom. The quantitative estimate of drug-likeness (QED) is 0.727. The second-order valence-corrected chi connectivity index (χ2v) is 5.53. The standard InChI is InChI=1S/C17H16FN3O/c1-10(2)21-16-14(5-4-8-19-16)20-15(17(21)22)13-7-6-12(18)9-11(13)3/h4-10H,1-3H3. The molecule has 3 rings (SSSR count). The topological polar surface area (TPSA) is 47.8 Å². The number of aromatic nitrogens is 3. The number of nitrogens with zero attached hydrogens (tertiary/aromatic N) is 3. The molecule has 0 fully saturated rings. The van der Waals surface area contributed by atoms with Gasteiger partial charge in [0, 0.05) is 17.8 Å². The van der Waals surface area contributed by atoms with Crippen molar-refractivity contribution in [3.05, 3.63) is 58.3 Å². The SMILES string of the molecule is Cc1cc(F)ccc1-c1nc2cccnc2n(C(C)C)c1=O. The Hall–Kier alpha value is -2.56. The van der Waals surface area contributed by atoms with E-state index in [-0.39, 0.29) is 17.4 Å². The van der Waals surface area contributed by atoms with Crippen LogP contribution in [0, 0.1) is 12.7 Å². The van der Waals surface area contributed by atoms with Crippen LogP contribution >= 0.6 is 0 Å². The van der Waals surface area contributed by atoms with Gasteiger partial charge in [-0.2, -0.15) is 0 Å². The van der Waals surface area contributed by atoms with Crippen molar-refractivity contribution in [1.29, 1.82) is 0 Å². The average molecular weight is 297 g/mol. The van der Waals surface area contributed by atoms with Gasteiger partial charge in [-0.15, -0.1) is 0 Å². The van der Waals surface area contributed by atoms with Crippen LogP contribution in [-0.4, -0.2) is 14.5 Å². The van der Waals surface area contributed by atoms with E-state index in [4.69, 9.17) is 0 Å². The Morgan fingerprint density at radius 2 is 2.00 bits per heavy atom. The molecule has 0 amide bonds. The van der Waals surface area contributed by atoms with Gasteiger partial charge in [-0.3, -0.25) is 9.36 Å². The highest BCUT2D eigenvalue weighted by Crippen LogP contribution is 2.22. The molecule has 0 N–H and O–H groups in total. The molecule has 0 aliphatic carbocycles. The lowest BCUT2D eigenvalue weighted by molar-refractivity contribution is 0.593. The number of fused-ring (bicyclic) bond motifs is 1. The zero-order chi connectivity index (χ0) is 15.9. The lowest BCUT2D eigenvalue weighted by Crippen LogP contribution is -2.26. The Balaban J connectivity index is 2.40. The van der Waals surface area contributed by atoms with Crippen LogP contribution in [0.2, 0.25) is 0 Å². The van der Waals surface area contributed by atoms with Gasteiger partial charge in [0.1, 0.15) is 17.0 Å². The normalized spacial score (nSPS) is 11.3. The van der Waals surface area contributed by atoms with Crippen LogP contribution in [0.1, 0.15) is 25.5 Å². The van der Waals surface area contributed by atoms with E-state index in [0.717, 1.165) is 0 Å². The van der Waals surface area contributed by atoms with Crippen molar-refractivity contribution < 1.29 is 4.39 Å². The van der Waals surface area contributed by atoms with Crippen LogP contribution in [-0.2, 0) is 0 Å². The van der Waals surface area contributed by atoms with Crippen LogP contribution in [0.4, 0.5) is 4.39 Å². The molecule has 2 aromatic heterocycles. The number of hydrogen-bond donors (Lipinski definition) is 0. The molecule has 2 heterocycles. The first-order valence-corrected chi connectivity index (χ1v) is 7.13. The van der Waals surface area contributed by atoms with Crippen LogP contribution < -0.4 is 5.56 Å². The van der Waals surface area contributed by atoms with E-state index in [1.807, 2.05) is 19.9 Å². The second-order valence-electron chi connectivity index (χ2n) is 5.53. The largest absolute Gasteiger partial charge is 0.287 e. The molecule has 0 unspecified atom stereocenters. The van der Waals surface area contributed by atoms with E-state index in [9.17, 15) is 9.18 Å². The van der Waals surface area contributed by atoms with Crippen LogP contribution in [0.15, 0.2) is 41.3 Å². The second kappa shape index (κ2) is 5.33. The minimum absolute atomic E-state index is 0.0487. The van der Waals surface area contributed by atoms with Crippen molar-refractivity contribution in [1.82, 2.24) is 14.5 Å². The van der Waals surface area contributed by atoms with Crippen LogP contribution in [0.5, 0.6) is 0 Å². The maximum Gasteiger partial charge on any atom is 0.278 e. The zero-order valence-corrected chi connectivity index (χ0v) is 12.7. The number of hydrogen-bond acceptors (Lipinski definition) is 3. The smallest absolute Gasteiger partial charge is 0.278 e. The van der Waals surface area contributed by atoms with E-state index < -0.39 is 0 Å². The number of aryl methyl sites for hydroxylation is 1. The number of rotatable bonds is 2. The fourth-order valence-corrected chi connectivity index (χ4v) is 2.59. The third-order valence-corrected chi connectivity index (χ3v) is 3.61. The van der Waals surface area contributed by atoms with Crippen molar-refractivity contribution >= 4 is 11.2 Å². The van der Waals surface area contributed by atoms with Gasteiger partial charge in [-0.25, -0.2) is 14.4 Å². The molecule has 112 valence electrons. The summed E-state index contributed by atoms with van der Waals surface area (Å²) in [5.74, 6) is -0.326. The predicted molar refractivity (Wildman–Crippen MR) is 84.3 cm³/mol. The molecule has 0 aliphatic heterocycles. The van der Waals surface area contributed by atoms with Gasteiger partial charge >= 0.3 is 0 Å². The molecule has 3 aromatic rings. The van der Waals surface area contributed by atoms with Crippen molar-refractivity contribution in [3.8, 4) is 11.3 Å². The summed E-state index contributed by atoms with van der Waals surface area (Å²) in [6.45, 7) is 5.63. The number of pyridine rings is 1. The maximum absolute atomic E-state index is 13.3. The van der Waals surface area contributed by atoms with E-state index >= 15 is 0 Å². The molecular formula is C17H16FN3O.